The van der Waals surface area contributed by atoms with Gasteiger partial charge >= 0.3 is 0 Å². The summed E-state index contributed by atoms with van der Waals surface area (Å²) in [6.07, 6.45) is -0.809. The summed E-state index contributed by atoms with van der Waals surface area (Å²) in [5, 5.41) is 10.3. The number of rotatable bonds is 9. The fraction of sp³-hybridized carbons (Fsp3) is 0.429. The van der Waals surface area contributed by atoms with E-state index in [1.165, 1.54) is 6.07 Å². The van der Waals surface area contributed by atoms with Crippen LogP contribution in [0.2, 0.25) is 0 Å². The standard InChI is InChI=1S/C21H26FNO5/c1-25-17-6-8-18(9-7-17)27-14-16(24)12-23-10-11-26-19(13-23)15-28-21-5-3-2-4-20(21)22/h2-9,16,19,24H,10-15H2,1H3. The van der Waals surface area contributed by atoms with Gasteiger partial charge in [-0.15, -0.1) is 0 Å². The summed E-state index contributed by atoms with van der Waals surface area (Å²) in [5.41, 5.74) is 0. The van der Waals surface area contributed by atoms with Gasteiger partial charge in [-0.3, -0.25) is 4.90 Å². The number of para-hydroxylation sites is 1. The molecule has 1 fully saturated rings. The molecule has 0 spiro atoms. The summed E-state index contributed by atoms with van der Waals surface area (Å²) in [4.78, 5) is 2.10. The van der Waals surface area contributed by atoms with Crippen LogP contribution in [0.4, 0.5) is 4.39 Å². The molecule has 28 heavy (non-hydrogen) atoms. The first-order valence-electron chi connectivity index (χ1n) is 9.30. The molecule has 0 saturated carbocycles. The first-order chi connectivity index (χ1) is 13.6. The summed E-state index contributed by atoms with van der Waals surface area (Å²) < 4.78 is 35.6. The number of benzene rings is 2. The molecule has 2 atom stereocenters. The second-order valence-electron chi connectivity index (χ2n) is 6.63. The van der Waals surface area contributed by atoms with Crippen LogP contribution < -0.4 is 14.2 Å². The van der Waals surface area contributed by atoms with Crippen LogP contribution in [0.15, 0.2) is 48.5 Å². The van der Waals surface area contributed by atoms with Gasteiger partial charge in [0.05, 0.1) is 13.7 Å². The molecule has 1 saturated heterocycles. The fourth-order valence-electron chi connectivity index (χ4n) is 3.01. The molecular weight excluding hydrogens is 365 g/mol. The lowest BCUT2D eigenvalue weighted by Gasteiger charge is -2.33. The largest absolute Gasteiger partial charge is 0.497 e. The number of hydrogen-bond acceptors (Lipinski definition) is 6. The third-order valence-corrected chi connectivity index (χ3v) is 4.46. The molecule has 2 aromatic rings. The van der Waals surface area contributed by atoms with E-state index in [4.69, 9.17) is 18.9 Å². The van der Waals surface area contributed by atoms with Crippen molar-refractivity contribution in [1.82, 2.24) is 4.90 Å². The van der Waals surface area contributed by atoms with Crippen LogP contribution in [-0.2, 0) is 4.74 Å². The van der Waals surface area contributed by atoms with Gasteiger partial charge in [-0.2, -0.15) is 0 Å². The highest BCUT2D eigenvalue weighted by Crippen LogP contribution is 2.18. The molecule has 152 valence electrons. The predicted octanol–water partition coefficient (Wildman–Crippen LogP) is 2.35. The molecule has 1 aliphatic heterocycles. The van der Waals surface area contributed by atoms with E-state index in [0.29, 0.717) is 25.4 Å². The van der Waals surface area contributed by atoms with Gasteiger partial charge in [-0.25, -0.2) is 4.39 Å². The summed E-state index contributed by atoms with van der Waals surface area (Å²) in [6, 6.07) is 13.5. The summed E-state index contributed by atoms with van der Waals surface area (Å²) in [6.45, 7) is 2.78. The lowest BCUT2D eigenvalue weighted by molar-refractivity contribution is -0.0604. The van der Waals surface area contributed by atoms with Gasteiger partial charge in [-0.1, -0.05) is 12.1 Å². The molecule has 3 rings (SSSR count). The Balaban J connectivity index is 1.40. The zero-order chi connectivity index (χ0) is 19.8. The monoisotopic (exact) mass is 391 g/mol. The van der Waals surface area contributed by atoms with Crippen LogP contribution in [0.5, 0.6) is 17.2 Å². The topological polar surface area (TPSA) is 60.4 Å². The van der Waals surface area contributed by atoms with E-state index in [9.17, 15) is 9.50 Å². The van der Waals surface area contributed by atoms with Crippen molar-refractivity contribution < 1.29 is 28.4 Å². The molecule has 0 amide bonds. The van der Waals surface area contributed by atoms with E-state index in [1.807, 2.05) is 12.1 Å². The van der Waals surface area contributed by atoms with Gasteiger partial charge in [0.25, 0.3) is 0 Å². The van der Waals surface area contributed by atoms with Crippen molar-refractivity contribution in [3.63, 3.8) is 0 Å². The number of methoxy groups -OCH3 is 1. The molecule has 7 heteroatoms. The molecule has 6 nitrogen and oxygen atoms in total. The lowest BCUT2D eigenvalue weighted by Crippen LogP contribution is -2.48. The Hall–Kier alpha value is -2.35. The maximum atomic E-state index is 13.6. The van der Waals surface area contributed by atoms with Gasteiger partial charge < -0.3 is 24.1 Å². The smallest absolute Gasteiger partial charge is 0.165 e. The number of aliphatic hydroxyl groups is 1. The third-order valence-electron chi connectivity index (χ3n) is 4.46. The van der Waals surface area contributed by atoms with Crippen molar-refractivity contribution in [2.75, 3.05) is 46.6 Å². The Morgan fingerprint density at radius 2 is 1.89 bits per heavy atom. The molecule has 0 bridgehead atoms. The van der Waals surface area contributed by atoms with Gasteiger partial charge in [0.2, 0.25) is 0 Å². The van der Waals surface area contributed by atoms with Crippen molar-refractivity contribution >= 4 is 0 Å². The van der Waals surface area contributed by atoms with Crippen LogP contribution in [0.25, 0.3) is 0 Å². The average molecular weight is 391 g/mol. The number of halogens is 1. The van der Waals surface area contributed by atoms with E-state index in [1.54, 1.807) is 37.4 Å². The third kappa shape index (κ3) is 6.09. The SMILES string of the molecule is COc1ccc(OCC(O)CN2CCOC(COc3ccccc3F)C2)cc1. The van der Waals surface area contributed by atoms with E-state index >= 15 is 0 Å². The second kappa shape index (κ2) is 10.3. The highest BCUT2D eigenvalue weighted by atomic mass is 19.1. The molecule has 2 unspecified atom stereocenters. The second-order valence-corrected chi connectivity index (χ2v) is 6.63. The molecule has 0 radical (unpaired) electrons. The zero-order valence-electron chi connectivity index (χ0n) is 15.9. The Bertz CT molecular complexity index is 727. The molecule has 1 N–H and O–H groups in total. The van der Waals surface area contributed by atoms with Crippen molar-refractivity contribution in [1.29, 1.82) is 0 Å². The molecule has 0 aliphatic carbocycles. The minimum Gasteiger partial charge on any atom is -0.497 e. The van der Waals surface area contributed by atoms with E-state index in [2.05, 4.69) is 4.90 Å². The Morgan fingerprint density at radius 1 is 1.14 bits per heavy atom. The maximum Gasteiger partial charge on any atom is 0.165 e. The minimum absolute atomic E-state index is 0.178. The Labute approximate surface area is 164 Å². The van der Waals surface area contributed by atoms with Crippen molar-refractivity contribution in [2.24, 2.45) is 0 Å². The summed E-state index contributed by atoms with van der Waals surface area (Å²) in [7, 11) is 1.61. The Kier molecular flexibility index (Phi) is 7.47. The van der Waals surface area contributed by atoms with Crippen LogP contribution in [-0.4, -0.2) is 68.8 Å². The highest BCUT2D eigenvalue weighted by molar-refractivity contribution is 5.31. The van der Waals surface area contributed by atoms with Crippen molar-refractivity contribution in [3.05, 3.63) is 54.3 Å². The number of morpholine rings is 1. The minimum atomic E-state index is -0.631. The van der Waals surface area contributed by atoms with Crippen LogP contribution in [0.3, 0.4) is 0 Å². The van der Waals surface area contributed by atoms with Crippen LogP contribution >= 0.6 is 0 Å². The van der Waals surface area contributed by atoms with Gasteiger partial charge in [0.15, 0.2) is 11.6 Å². The van der Waals surface area contributed by atoms with Crippen molar-refractivity contribution in [2.45, 2.75) is 12.2 Å². The summed E-state index contributed by atoms with van der Waals surface area (Å²) >= 11 is 0. The fourth-order valence-corrected chi connectivity index (χ4v) is 3.01. The lowest BCUT2D eigenvalue weighted by atomic mass is 10.2. The number of hydrogen-bond donors (Lipinski definition) is 1. The number of β-amino-alcohol motifs (C(OH)–C–C–N with tert-alkyl or cyclic N) is 1. The molecule has 0 aromatic heterocycles. The maximum absolute atomic E-state index is 13.6. The van der Waals surface area contributed by atoms with E-state index < -0.39 is 6.10 Å². The van der Waals surface area contributed by atoms with Crippen LogP contribution in [0, 0.1) is 5.82 Å². The highest BCUT2D eigenvalue weighted by Gasteiger charge is 2.23. The number of aliphatic hydroxyl groups excluding tert-OH is 1. The van der Waals surface area contributed by atoms with Gasteiger partial charge in [-0.05, 0) is 36.4 Å². The van der Waals surface area contributed by atoms with Crippen LogP contribution in [0.1, 0.15) is 0 Å². The molecule has 1 heterocycles. The predicted molar refractivity (Wildman–Crippen MR) is 103 cm³/mol. The normalized spacial score (nSPS) is 18.5. The first kappa shape index (κ1) is 20.4. The van der Waals surface area contributed by atoms with E-state index in [0.717, 1.165) is 12.3 Å². The number of nitrogens with zero attached hydrogens (tertiary/aromatic N) is 1. The van der Waals surface area contributed by atoms with E-state index in [-0.39, 0.29) is 30.9 Å². The van der Waals surface area contributed by atoms with Gasteiger partial charge in [0.1, 0.15) is 36.9 Å². The molecule has 2 aromatic carbocycles. The average Bonchev–Trinajstić information content (AvgIpc) is 2.72. The summed E-state index contributed by atoms with van der Waals surface area (Å²) in [5.74, 6) is 1.26. The molecule has 1 aliphatic rings. The molecular formula is C21H26FNO5. The quantitative estimate of drug-likeness (QED) is 0.708. The Morgan fingerprint density at radius 3 is 2.64 bits per heavy atom. The van der Waals surface area contributed by atoms with Crippen molar-refractivity contribution in [3.8, 4) is 17.2 Å². The zero-order valence-corrected chi connectivity index (χ0v) is 15.9. The van der Waals surface area contributed by atoms with Gasteiger partial charge in [0, 0.05) is 19.6 Å². The number of ether oxygens (including phenoxy) is 4. The first-order valence-corrected chi connectivity index (χ1v) is 9.30.